The molecule has 0 bridgehead atoms. The van der Waals surface area contributed by atoms with Crippen molar-refractivity contribution in [1.82, 2.24) is 20.1 Å². The Morgan fingerprint density at radius 2 is 2.00 bits per heavy atom. The van der Waals surface area contributed by atoms with E-state index >= 15 is 0 Å². The molecule has 142 valence electrons. The molecule has 9 heteroatoms. The van der Waals surface area contributed by atoms with Crippen LogP contribution in [-0.4, -0.2) is 59.9 Å². The van der Waals surface area contributed by atoms with Crippen molar-refractivity contribution in [3.05, 3.63) is 29.3 Å². The Hall–Kier alpha value is -1.61. The summed E-state index contributed by atoms with van der Waals surface area (Å²) in [4.78, 5) is 12.1. The molecule has 1 atom stereocenters. The molecule has 1 aromatic carbocycles. The predicted octanol–water partition coefficient (Wildman–Crippen LogP) is 2.49. The molecular formula is C17H23ClN4O3S. The standard InChI is InChI=1S/C17H23ClN4O3S/c1-12(10-25-3)19-15(23)11-26-17-21-20-16(22(17)8-9-24-2)13-4-6-14(18)7-5-13/h4-7,12H,8-11H2,1-3H3,(H,19,23)/t12-/m1/s1. The fourth-order valence-corrected chi connectivity index (χ4v) is 3.23. The summed E-state index contributed by atoms with van der Waals surface area (Å²) < 4.78 is 12.2. The minimum atomic E-state index is -0.0751. The first-order valence-corrected chi connectivity index (χ1v) is 9.50. The van der Waals surface area contributed by atoms with Crippen molar-refractivity contribution in [2.75, 3.05) is 33.2 Å². The van der Waals surface area contributed by atoms with Crippen molar-refractivity contribution in [1.29, 1.82) is 0 Å². The normalized spacial score (nSPS) is 12.2. The highest BCUT2D eigenvalue weighted by molar-refractivity contribution is 7.99. The summed E-state index contributed by atoms with van der Waals surface area (Å²) in [5.74, 6) is 0.892. The lowest BCUT2D eigenvalue weighted by Gasteiger charge is -2.13. The summed E-state index contributed by atoms with van der Waals surface area (Å²) in [6.45, 7) is 3.47. The molecule has 0 aliphatic carbocycles. The van der Waals surface area contributed by atoms with Gasteiger partial charge in [0.15, 0.2) is 11.0 Å². The van der Waals surface area contributed by atoms with Crippen LogP contribution in [0.3, 0.4) is 0 Å². The Morgan fingerprint density at radius 3 is 2.65 bits per heavy atom. The highest BCUT2D eigenvalue weighted by Gasteiger charge is 2.16. The lowest BCUT2D eigenvalue weighted by molar-refractivity contribution is -0.119. The summed E-state index contributed by atoms with van der Waals surface area (Å²) >= 11 is 7.30. The topological polar surface area (TPSA) is 78.3 Å². The van der Waals surface area contributed by atoms with Gasteiger partial charge in [0.05, 0.1) is 25.5 Å². The molecule has 0 saturated carbocycles. The Morgan fingerprint density at radius 1 is 1.27 bits per heavy atom. The number of nitrogens with zero attached hydrogens (tertiary/aromatic N) is 3. The van der Waals surface area contributed by atoms with Crippen LogP contribution in [0.5, 0.6) is 0 Å². The molecule has 1 aromatic heterocycles. The van der Waals surface area contributed by atoms with Crippen molar-refractivity contribution < 1.29 is 14.3 Å². The summed E-state index contributed by atoms with van der Waals surface area (Å²) in [7, 11) is 3.25. The van der Waals surface area contributed by atoms with Crippen molar-refractivity contribution in [3.63, 3.8) is 0 Å². The van der Waals surface area contributed by atoms with Gasteiger partial charge in [-0.25, -0.2) is 0 Å². The number of benzene rings is 1. The van der Waals surface area contributed by atoms with Gasteiger partial charge in [-0.1, -0.05) is 23.4 Å². The van der Waals surface area contributed by atoms with Gasteiger partial charge in [-0.2, -0.15) is 0 Å². The van der Waals surface area contributed by atoms with Crippen LogP contribution >= 0.6 is 23.4 Å². The number of halogens is 1. The molecule has 0 aliphatic heterocycles. The number of carbonyl (C=O) groups is 1. The quantitative estimate of drug-likeness (QED) is 0.619. The van der Waals surface area contributed by atoms with Crippen molar-refractivity contribution >= 4 is 29.3 Å². The lowest BCUT2D eigenvalue weighted by Crippen LogP contribution is -2.36. The van der Waals surface area contributed by atoms with Gasteiger partial charge in [0.2, 0.25) is 5.91 Å². The lowest BCUT2D eigenvalue weighted by atomic mass is 10.2. The van der Waals surface area contributed by atoms with E-state index in [1.807, 2.05) is 35.8 Å². The highest BCUT2D eigenvalue weighted by Crippen LogP contribution is 2.25. The molecule has 2 rings (SSSR count). The first-order chi connectivity index (χ1) is 12.5. The summed E-state index contributed by atoms with van der Waals surface area (Å²) in [6.07, 6.45) is 0. The maximum absolute atomic E-state index is 12.1. The molecule has 26 heavy (non-hydrogen) atoms. The van der Waals surface area contributed by atoms with Gasteiger partial charge in [0.25, 0.3) is 0 Å². The molecule has 7 nitrogen and oxygen atoms in total. The average molecular weight is 399 g/mol. The number of thioether (sulfide) groups is 1. The fourth-order valence-electron chi connectivity index (χ4n) is 2.33. The van der Waals surface area contributed by atoms with Gasteiger partial charge in [0.1, 0.15) is 0 Å². The summed E-state index contributed by atoms with van der Waals surface area (Å²) in [6, 6.07) is 7.36. The summed E-state index contributed by atoms with van der Waals surface area (Å²) in [5, 5.41) is 12.7. The van der Waals surface area contributed by atoms with E-state index < -0.39 is 0 Å². The number of hydrogen-bond donors (Lipinski definition) is 1. The number of methoxy groups -OCH3 is 2. The van der Waals surface area contributed by atoms with Crippen molar-refractivity contribution in [2.45, 2.75) is 24.7 Å². The molecule has 1 amide bonds. The van der Waals surface area contributed by atoms with Gasteiger partial charge < -0.3 is 14.8 Å². The largest absolute Gasteiger partial charge is 0.383 e. The molecular weight excluding hydrogens is 376 g/mol. The SMILES string of the molecule is COCCn1c(SCC(=O)N[C@H](C)COC)nnc1-c1ccc(Cl)cc1. The molecule has 0 spiro atoms. The maximum atomic E-state index is 12.1. The zero-order valence-corrected chi connectivity index (χ0v) is 16.6. The van der Waals surface area contributed by atoms with E-state index in [2.05, 4.69) is 15.5 Å². The molecule has 0 radical (unpaired) electrons. The smallest absolute Gasteiger partial charge is 0.230 e. The second-order valence-electron chi connectivity index (χ2n) is 5.67. The van der Waals surface area contributed by atoms with Crippen LogP contribution in [-0.2, 0) is 20.8 Å². The molecule has 0 fully saturated rings. The second kappa shape index (κ2) is 10.5. The highest BCUT2D eigenvalue weighted by atomic mass is 35.5. The number of carbonyl (C=O) groups excluding carboxylic acids is 1. The Kier molecular flexibility index (Phi) is 8.37. The number of aromatic nitrogens is 3. The number of amides is 1. The third-order valence-corrected chi connectivity index (χ3v) is 4.71. The summed E-state index contributed by atoms with van der Waals surface area (Å²) in [5.41, 5.74) is 0.906. The van der Waals surface area contributed by atoms with Crippen LogP contribution in [0.15, 0.2) is 29.4 Å². The van der Waals surface area contributed by atoms with Crippen LogP contribution in [0, 0.1) is 0 Å². The van der Waals surface area contributed by atoms with Gasteiger partial charge in [-0.05, 0) is 31.2 Å². The minimum absolute atomic E-state index is 0.0379. The minimum Gasteiger partial charge on any atom is -0.383 e. The number of ether oxygens (including phenoxy) is 2. The van der Waals surface area contributed by atoms with E-state index in [0.717, 1.165) is 11.4 Å². The van der Waals surface area contributed by atoms with Crippen LogP contribution in [0.1, 0.15) is 6.92 Å². The van der Waals surface area contributed by atoms with Crippen molar-refractivity contribution in [2.24, 2.45) is 0 Å². The monoisotopic (exact) mass is 398 g/mol. The Balaban J connectivity index is 2.10. The average Bonchev–Trinajstić information content (AvgIpc) is 3.01. The zero-order chi connectivity index (χ0) is 18.9. The Bertz CT molecular complexity index is 709. The van der Waals surface area contributed by atoms with Gasteiger partial charge >= 0.3 is 0 Å². The van der Waals surface area contributed by atoms with Gasteiger partial charge in [0, 0.05) is 30.8 Å². The van der Waals surface area contributed by atoms with Crippen LogP contribution in [0.4, 0.5) is 0 Å². The van der Waals surface area contributed by atoms with Gasteiger partial charge in [-0.15, -0.1) is 10.2 Å². The predicted molar refractivity (Wildman–Crippen MR) is 103 cm³/mol. The van der Waals surface area contributed by atoms with Crippen molar-refractivity contribution in [3.8, 4) is 11.4 Å². The molecule has 0 aliphatic rings. The van der Waals surface area contributed by atoms with E-state index in [9.17, 15) is 4.79 Å². The van der Waals surface area contributed by atoms with Gasteiger partial charge in [-0.3, -0.25) is 9.36 Å². The van der Waals surface area contributed by atoms with E-state index in [1.54, 1.807) is 14.2 Å². The van der Waals surface area contributed by atoms with Crippen LogP contribution in [0.25, 0.3) is 11.4 Å². The Labute approximate surface area is 162 Å². The molecule has 0 unspecified atom stereocenters. The van der Waals surface area contributed by atoms with E-state index in [0.29, 0.717) is 29.9 Å². The molecule has 1 N–H and O–H groups in total. The zero-order valence-electron chi connectivity index (χ0n) is 15.1. The number of rotatable bonds is 10. The van der Waals surface area contributed by atoms with E-state index in [1.165, 1.54) is 11.8 Å². The van der Waals surface area contributed by atoms with Crippen LogP contribution < -0.4 is 5.32 Å². The fraction of sp³-hybridized carbons (Fsp3) is 0.471. The van der Waals surface area contributed by atoms with E-state index in [4.69, 9.17) is 21.1 Å². The molecule has 2 aromatic rings. The molecule has 1 heterocycles. The second-order valence-corrected chi connectivity index (χ2v) is 7.05. The van der Waals surface area contributed by atoms with Crippen LogP contribution in [0.2, 0.25) is 5.02 Å². The van der Waals surface area contributed by atoms with E-state index in [-0.39, 0.29) is 17.7 Å². The first kappa shape index (κ1) is 20.7. The third-order valence-electron chi connectivity index (χ3n) is 3.49. The third kappa shape index (κ3) is 5.98. The number of hydrogen-bond acceptors (Lipinski definition) is 6. The molecule has 0 saturated heterocycles. The number of nitrogens with one attached hydrogen (secondary N) is 1. The maximum Gasteiger partial charge on any atom is 0.230 e. The first-order valence-electron chi connectivity index (χ1n) is 8.14.